The summed E-state index contributed by atoms with van der Waals surface area (Å²) in [5, 5.41) is 11.7. The number of anilines is 1. The summed E-state index contributed by atoms with van der Waals surface area (Å²) in [7, 11) is -3.18. The third kappa shape index (κ3) is 3.76. The molecule has 9 heteroatoms. The van der Waals surface area contributed by atoms with Gasteiger partial charge in [-0.1, -0.05) is 6.92 Å². The van der Waals surface area contributed by atoms with Gasteiger partial charge in [-0.05, 0) is 12.1 Å². The topological polar surface area (TPSA) is 109 Å². The Kier molecular flexibility index (Phi) is 4.53. The zero-order valence-electron chi connectivity index (χ0n) is 11.1. The Morgan fingerprint density at radius 2 is 2.10 bits per heavy atom. The van der Waals surface area contributed by atoms with Crippen molar-refractivity contribution in [2.45, 2.75) is 17.7 Å². The highest BCUT2D eigenvalue weighted by Crippen LogP contribution is 2.23. The molecule has 0 aliphatic heterocycles. The summed E-state index contributed by atoms with van der Waals surface area (Å²) in [4.78, 5) is 19.1. The molecule has 0 unspecified atom stereocenters. The van der Waals surface area contributed by atoms with Crippen LogP contribution in [0.4, 0.5) is 5.82 Å². The molecule has 2 heterocycles. The highest BCUT2D eigenvalue weighted by Gasteiger charge is 2.14. The summed E-state index contributed by atoms with van der Waals surface area (Å²) < 4.78 is 23.7. The lowest BCUT2D eigenvalue weighted by Crippen LogP contribution is -2.04. The molecule has 0 bridgehead atoms. The maximum Gasteiger partial charge on any atom is 0.356 e. The van der Waals surface area contributed by atoms with E-state index in [1.807, 2.05) is 0 Å². The predicted molar refractivity (Wildman–Crippen MR) is 78.4 cm³/mol. The first kappa shape index (κ1) is 15.4. The Morgan fingerprint density at radius 1 is 1.33 bits per heavy atom. The first-order chi connectivity index (χ1) is 9.92. The molecule has 0 saturated heterocycles. The zero-order chi connectivity index (χ0) is 15.5. The lowest BCUT2D eigenvalue weighted by atomic mass is 10.4. The minimum Gasteiger partial charge on any atom is -0.476 e. The van der Waals surface area contributed by atoms with Crippen molar-refractivity contribution in [2.75, 3.05) is 11.1 Å². The monoisotopic (exact) mass is 327 g/mol. The molecule has 0 saturated carbocycles. The Hall–Kier alpha value is -2.00. The zero-order valence-corrected chi connectivity index (χ0v) is 12.7. The molecule has 0 aromatic carbocycles. The van der Waals surface area contributed by atoms with Gasteiger partial charge in [-0.15, -0.1) is 11.3 Å². The second kappa shape index (κ2) is 6.19. The van der Waals surface area contributed by atoms with E-state index in [0.717, 1.165) is 11.1 Å². The first-order valence-corrected chi connectivity index (χ1v) is 8.50. The molecular formula is C12H13N3O4S2. The van der Waals surface area contributed by atoms with Gasteiger partial charge >= 0.3 is 5.97 Å². The van der Waals surface area contributed by atoms with Gasteiger partial charge in [0, 0.05) is 4.88 Å². The van der Waals surface area contributed by atoms with Crippen molar-refractivity contribution < 1.29 is 18.3 Å². The number of hydrogen-bond acceptors (Lipinski definition) is 7. The number of nitrogens with zero attached hydrogens (tertiary/aromatic N) is 2. The fraction of sp³-hybridized carbons (Fsp3) is 0.250. The molecule has 0 aliphatic rings. The second-order valence-electron chi connectivity index (χ2n) is 4.07. The highest BCUT2D eigenvalue weighted by atomic mass is 32.2. The fourth-order valence-electron chi connectivity index (χ4n) is 1.47. The standard InChI is InChI=1S/C12H13N3O4S2/c1-2-21(18,19)11-4-3-8(20-11)5-14-10-7-13-9(6-15-10)12(16)17/h3-4,6-7H,2,5H2,1H3,(H,14,15)(H,16,17). The van der Waals surface area contributed by atoms with Crippen LogP contribution < -0.4 is 5.32 Å². The molecule has 2 N–H and O–H groups in total. The smallest absolute Gasteiger partial charge is 0.356 e. The number of aromatic carboxylic acids is 1. The van der Waals surface area contributed by atoms with Crippen LogP contribution in [-0.4, -0.2) is 35.2 Å². The van der Waals surface area contributed by atoms with E-state index in [2.05, 4.69) is 15.3 Å². The summed E-state index contributed by atoms with van der Waals surface area (Å²) in [5.74, 6) is -0.641. The fourth-order valence-corrected chi connectivity index (χ4v) is 3.89. The molecule has 0 fully saturated rings. The van der Waals surface area contributed by atoms with E-state index in [9.17, 15) is 13.2 Å². The van der Waals surface area contributed by atoms with Gasteiger partial charge in [0.25, 0.3) is 0 Å². The van der Waals surface area contributed by atoms with Crippen molar-refractivity contribution in [1.29, 1.82) is 0 Å². The van der Waals surface area contributed by atoms with E-state index in [4.69, 9.17) is 5.11 Å². The van der Waals surface area contributed by atoms with Gasteiger partial charge in [0.1, 0.15) is 10.0 Å². The molecular weight excluding hydrogens is 314 g/mol. The van der Waals surface area contributed by atoms with Gasteiger partial charge in [-0.3, -0.25) is 0 Å². The van der Waals surface area contributed by atoms with Gasteiger partial charge < -0.3 is 10.4 Å². The van der Waals surface area contributed by atoms with E-state index in [0.29, 0.717) is 16.6 Å². The minimum absolute atomic E-state index is 0.0719. The lowest BCUT2D eigenvalue weighted by molar-refractivity contribution is 0.0690. The summed E-state index contributed by atoms with van der Waals surface area (Å²) in [6, 6.07) is 3.32. The van der Waals surface area contributed by atoms with Crippen LogP contribution in [0.25, 0.3) is 0 Å². The first-order valence-electron chi connectivity index (χ1n) is 6.03. The third-order valence-electron chi connectivity index (χ3n) is 2.64. The number of nitrogens with one attached hydrogen (secondary N) is 1. The van der Waals surface area contributed by atoms with Gasteiger partial charge in [0.2, 0.25) is 0 Å². The number of sulfone groups is 1. The summed E-state index contributed by atoms with van der Waals surface area (Å²) >= 11 is 1.20. The highest BCUT2D eigenvalue weighted by molar-refractivity contribution is 7.93. The van der Waals surface area contributed by atoms with Crippen molar-refractivity contribution in [1.82, 2.24) is 9.97 Å². The Morgan fingerprint density at radius 3 is 2.67 bits per heavy atom. The molecule has 21 heavy (non-hydrogen) atoms. The van der Waals surface area contributed by atoms with E-state index < -0.39 is 15.8 Å². The average molecular weight is 327 g/mol. The van der Waals surface area contributed by atoms with E-state index in [1.54, 1.807) is 19.1 Å². The summed E-state index contributed by atoms with van der Waals surface area (Å²) in [6.07, 6.45) is 2.48. The molecule has 0 amide bonds. The maximum absolute atomic E-state index is 11.7. The van der Waals surface area contributed by atoms with Crippen molar-refractivity contribution in [3.63, 3.8) is 0 Å². The van der Waals surface area contributed by atoms with Crippen LogP contribution in [-0.2, 0) is 16.4 Å². The molecule has 0 radical (unpaired) electrons. The van der Waals surface area contributed by atoms with Crippen LogP contribution in [0, 0.1) is 0 Å². The number of rotatable bonds is 6. The number of hydrogen-bond donors (Lipinski definition) is 2. The largest absolute Gasteiger partial charge is 0.476 e. The second-order valence-corrected chi connectivity index (χ2v) is 7.74. The normalized spacial score (nSPS) is 11.3. The predicted octanol–water partition coefficient (Wildman–Crippen LogP) is 1.64. The lowest BCUT2D eigenvalue weighted by Gasteiger charge is -2.03. The van der Waals surface area contributed by atoms with Crippen LogP contribution in [0.5, 0.6) is 0 Å². The number of carbonyl (C=O) groups is 1. The molecule has 7 nitrogen and oxygen atoms in total. The van der Waals surface area contributed by atoms with Gasteiger partial charge in [-0.2, -0.15) is 0 Å². The Bertz CT molecular complexity index is 738. The molecule has 112 valence electrons. The molecule has 2 aromatic rings. The molecule has 2 rings (SSSR count). The van der Waals surface area contributed by atoms with Crippen LogP contribution in [0.1, 0.15) is 22.3 Å². The quantitative estimate of drug-likeness (QED) is 0.830. The number of carboxylic acid groups (broad SMARTS) is 1. The average Bonchev–Trinajstić information content (AvgIpc) is 2.95. The summed E-state index contributed by atoms with van der Waals surface area (Å²) in [5.41, 5.74) is -0.131. The Labute approximate surface area is 125 Å². The van der Waals surface area contributed by atoms with E-state index in [1.165, 1.54) is 17.5 Å². The Balaban J connectivity index is 2.02. The van der Waals surface area contributed by atoms with Gasteiger partial charge in [0.15, 0.2) is 15.5 Å². The van der Waals surface area contributed by atoms with Crippen LogP contribution in [0.3, 0.4) is 0 Å². The van der Waals surface area contributed by atoms with Crippen LogP contribution in [0.15, 0.2) is 28.7 Å². The van der Waals surface area contributed by atoms with Crippen molar-refractivity contribution >= 4 is 33.0 Å². The molecule has 0 atom stereocenters. The van der Waals surface area contributed by atoms with Gasteiger partial charge in [-0.25, -0.2) is 23.2 Å². The van der Waals surface area contributed by atoms with Crippen LogP contribution >= 0.6 is 11.3 Å². The van der Waals surface area contributed by atoms with Gasteiger partial charge in [0.05, 0.1) is 24.7 Å². The molecule has 0 spiro atoms. The summed E-state index contributed by atoms with van der Waals surface area (Å²) in [6.45, 7) is 2.00. The van der Waals surface area contributed by atoms with Crippen LogP contribution in [0.2, 0.25) is 0 Å². The molecule has 2 aromatic heterocycles. The van der Waals surface area contributed by atoms with Crippen molar-refractivity contribution in [2.24, 2.45) is 0 Å². The third-order valence-corrected chi connectivity index (χ3v) is 6.04. The number of aromatic nitrogens is 2. The van der Waals surface area contributed by atoms with E-state index in [-0.39, 0.29) is 11.4 Å². The number of thiophene rings is 1. The van der Waals surface area contributed by atoms with Crippen molar-refractivity contribution in [3.8, 4) is 0 Å². The molecule has 0 aliphatic carbocycles. The van der Waals surface area contributed by atoms with Crippen molar-refractivity contribution in [3.05, 3.63) is 35.1 Å². The SMILES string of the molecule is CCS(=O)(=O)c1ccc(CNc2cnc(C(=O)O)cn2)s1. The van der Waals surface area contributed by atoms with E-state index >= 15 is 0 Å². The minimum atomic E-state index is -3.18. The maximum atomic E-state index is 11.7. The number of carboxylic acids is 1.